The van der Waals surface area contributed by atoms with Gasteiger partial charge in [0.1, 0.15) is 6.29 Å². The number of nitrogens with zero attached hydrogens (tertiary/aromatic N) is 1. The van der Waals surface area contributed by atoms with Crippen LogP contribution in [0.25, 0.3) is 0 Å². The van der Waals surface area contributed by atoms with Crippen molar-refractivity contribution < 1.29 is 4.79 Å². The molecule has 0 radical (unpaired) electrons. The summed E-state index contributed by atoms with van der Waals surface area (Å²) >= 11 is 0. The molecule has 0 fully saturated rings. The highest BCUT2D eigenvalue weighted by atomic mass is 16.1. The molecule has 4 nitrogen and oxygen atoms in total. The zero-order chi connectivity index (χ0) is 8.97. The van der Waals surface area contributed by atoms with Crippen molar-refractivity contribution in [2.75, 3.05) is 17.3 Å². The lowest BCUT2D eigenvalue weighted by Gasteiger charge is -2.16. The van der Waals surface area contributed by atoms with Crippen LogP contribution in [0.1, 0.15) is 0 Å². The van der Waals surface area contributed by atoms with Crippen LogP contribution in [0.15, 0.2) is 24.3 Å². The molecule has 64 valence electrons. The second kappa shape index (κ2) is 3.73. The Hall–Kier alpha value is -1.55. The number of hydrogen-bond acceptors (Lipinski definition) is 4. The van der Waals surface area contributed by atoms with Crippen LogP contribution in [0.2, 0.25) is 0 Å². The Balaban J connectivity index is 2.86. The van der Waals surface area contributed by atoms with Gasteiger partial charge in [0.05, 0.1) is 17.9 Å². The lowest BCUT2D eigenvalue weighted by Crippen LogP contribution is -2.33. The van der Waals surface area contributed by atoms with Crippen molar-refractivity contribution in [3.8, 4) is 0 Å². The molecule has 0 atom stereocenters. The van der Waals surface area contributed by atoms with E-state index in [1.807, 2.05) is 12.1 Å². The van der Waals surface area contributed by atoms with E-state index in [0.717, 1.165) is 6.29 Å². The van der Waals surface area contributed by atoms with Gasteiger partial charge < -0.3 is 15.5 Å². The molecular formula is C8H11N3O. The lowest BCUT2D eigenvalue weighted by atomic mass is 10.2. The maximum Gasteiger partial charge on any atom is 0.140 e. The summed E-state index contributed by atoms with van der Waals surface area (Å²) in [5, 5.41) is 1.31. The number of nitrogens with two attached hydrogens (primary N) is 2. The first kappa shape index (κ1) is 8.55. The minimum absolute atomic E-state index is 0.147. The van der Waals surface area contributed by atoms with Gasteiger partial charge in [-0.2, -0.15) is 0 Å². The Morgan fingerprint density at radius 1 is 1.42 bits per heavy atom. The first-order chi connectivity index (χ1) is 5.75. The van der Waals surface area contributed by atoms with Crippen LogP contribution in [0.5, 0.6) is 0 Å². The minimum atomic E-state index is 0.147. The number of nitrogen functional groups attached to an aromatic ring is 1. The molecule has 0 heterocycles. The molecule has 0 aliphatic heterocycles. The third kappa shape index (κ3) is 1.73. The Bertz CT molecular complexity index is 275. The fourth-order valence-corrected chi connectivity index (χ4v) is 0.928. The Morgan fingerprint density at radius 3 is 2.67 bits per heavy atom. The highest BCUT2D eigenvalue weighted by Crippen LogP contribution is 2.18. The van der Waals surface area contributed by atoms with Crippen molar-refractivity contribution in [1.29, 1.82) is 0 Å². The van der Waals surface area contributed by atoms with Gasteiger partial charge in [0, 0.05) is 0 Å². The van der Waals surface area contributed by atoms with E-state index >= 15 is 0 Å². The van der Waals surface area contributed by atoms with Crippen molar-refractivity contribution in [1.82, 2.24) is 0 Å². The van der Waals surface area contributed by atoms with Gasteiger partial charge in [-0.15, -0.1) is 0 Å². The van der Waals surface area contributed by atoms with E-state index in [1.165, 1.54) is 5.01 Å². The van der Waals surface area contributed by atoms with Crippen LogP contribution < -0.4 is 16.6 Å². The molecule has 12 heavy (non-hydrogen) atoms. The van der Waals surface area contributed by atoms with Gasteiger partial charge in [0.15, 0.2) is 0 Å². The summed E-state index contributed by atoms with van der Waals surface area (Å²) in [5.74, 6) is 5.53. The predicted molar refractivity (Wildman–Crippen MR) is 48.5 cm³/mol. The van der Waals surface area contributed by atoms with Crippen molar-refractivity contribution in [3.63, 3.8) is 0 Å². The van der Waals surface area contributed by atoms with Crippen LogP contribution in [0.3, 0.4) is 0 Å². The standard InChI is InChI=1S/C8H11N3O/c9-7-3-1-2-4-8(7)11(10)5-6-12/h1-4,6H,5,9-10H2. The molecule has 0 saturated heterocycles. The molecular weight excluding hydrogens is 154 g/mol. The van der Waals surface area contributed by atoms with E-state index in [4.69, 9.17) is 11.6 Å². The predicted octanol–water partition coefficient (Wildman–Crippen LogP) is 0.148. The van der Waals surface area contributed by atoms with Gasteiger partial charge in [-0.1, -0.05) is 12.1 Å². The molecule has 0 bridgehead atoms. The van der Waals surface area contributed by atoms with Crippen LogP contribution in [-0.4, -0.2) is 12.8 Å². The Morgan fingerprint density at radius 2 is 2.08 bits per heavy atom. The van der Waals surface area contributed by atoms with Crippen molar-refractivity contribution >= 4 is 17.7 Å². The number of anilines is 2. The van der Waals surface area contributed by atoms with Crippen LogP contribution in [0, 0.1) is 0 Å². The molecule has 4 N–H and O–H groups in total. The van der Waals surface area contributed by atoms with E-state index in [9.17, 15) is 4.79 Å². The van der Waals surface area contributed by atoms with E-state index in [1.54, 1.807) is 12.1 Å². The molecule has 1 aromatic rings. The molecule has 0 unspecified atom stereocenters. The fourth-order valence-electron chi connectivity index (χ4n) is 0.928. The highest BCUT2D eigenvalue weighted by molar-refractivity contribution is 5.70. The minimum Gasteiger partial charge on any atom is -0.397 e. The SMILES string of the molecule is Nc1ccccc1N(N)CC=O. The molecule has 1 rings (SSSR count). The second-order valence-electron chi connectivity index (χ2n) is 2.38. The Kier molecular flexibility index (Phi) is 2.66. The summed E-state index contributed by atoms with van der Waals surface area (Å²) < 4.78 is 0. The summed E-state index contributed by atoms with van der Waals surface area (Å²) in [6.45, 7) is 0.147. The first-order valence-corrected chi connectivity index (χ1v) is 3.56. The number of para-hydroxylation sites is 2. The zero-order valence-electron chi connectivity index (χ0n) is 6.60. The number of rotatable bonds is 3. The number of hydrazine groups is 1. The van der Waals surface area contributed by atoms with Crippen LogP contribution in [0.4, 0.5) is 11.4 Å². The van der Waals surface area contributed by atoms with Crippen molar-refractivity contribution in [2.24, 2.45) is 5.84 Å². The smallest absolute Gasteiger partial charge is 0.140 e. The molecule has 0 aliphatic rings. The maximum atomic E-state index is 10.1. The van der Waals surface area contributed by atoms with Crippen molar-refractivity contribution in [2.45, 2.75) is 0 Å². The number of hydrogen-bond donors (Lipinski definition) is 2. The average Bonchev–Trinajstić information content (AvgIpc) is 2.05. The molecule has 0 amide bonds. The third-order valence-corrected chi connectivity index (χ3v) is 1.52. The van der Waals surface area contributed by atoms with Gasteiger partial charge in [0.2, 0.25) is 0 Å². The number of carbonyl (C=O) groups is 1. The fraction of sp³-hybridized carbons (Fsp3) is 0.125. The van der Waals surface area contributed by atoms with Gasteiger partial charge in [-0.05, 0) is 12.1 Å². The summed E-state index contributed by atoms with van der Waals surface area (Å²) in [7, 11) is 0. The van der Waals surface area contributed by atoms with Crippen LogP contribution >= 0.6 is 0 Å². The molecule has 0 aromatic heterocycles. The van der Waals surface area contributed by atoms with Crippen molar-refractivity contribution in [3.05, 3.63) is 24.3 Å². The largest absolute Gasteiger partial charge is 0.397 e. The van der Waals surface area contributed by atoms with Crippen LogP contribution in [-0.2, 0) is 4.79 Å². The first-order valence-electron chi connectivity index (χ1n) is 3.56. The van der Waals surface area contributed by atoms with E-state index in [-0.39, 0.29) is 6.54 Å². The summed E-state index contributed by atoms with van der Waals surface area (Å²) in [6, 6.07) is 7.13. The maximum absolute atomic E-state index is 10.1. The molecule has 4 heteroatoms. The van der Waals surface area contributed by atoms with Gasteiger partial charge in [-0.25, -0.2) is 5.84 Å². The molecule has 0 saturated carbocycles. The molecule has 1 aromatic carbocycles. The number of aldehydes is 1. The number of carbonyl (C=O) groups excluding carboxylic acids is 1. The summed E-state index contributed by atoms with van der Waals surface area (Å²) in [4.78, 5) is 10.1. The highest BCUT2D eigenvalue weighted by Gasteiger charge is 2.02. The number of benzene rings is 1. The molecule has 0 aliphatic carbocycles. The average molecular weight is 165 g/mol. The Labute approximate surface area is 70.7 Å². The quantitative estimate of drug-likeness (QED) is 0.289. The molecule has 0 spiro atoms. The topological polar surface area (TPSA) is 72.3 Å². The summed E-state index contributed by atoms with van der Waals surface area (Å²) in [6.07, 6.45) is 0.729. The normalized spacial score (nSPS) is 9.42. The lowest BCUT2D eigenvalue weighted by molar-refractivity contribution is -0.106. The zero-order valence-corrected chi connectivity index (χ0v) is 6.60. The third-order valence-electron chi connectivity index (χ3n) is 1.52. The summed E-state index contributed by atoms with van der Waals surface area (Å²) in [5.41, 5.74) is 6.86. The van der Waals surface area contributed by atoms with Gasteiger partial charge in [-0.3, -0.25) is 0 Å². The van der Waals surface area contributed by atoms with E-state index in [2.05, 4.69) is 0 Å². The van der Waals surface area contributed by atoms with Gasteiger partial charge in [0.25, 0.3) is 0 Å². The van der Waals surface area contributed by atoms with E-state index in [0.29, 0.717) is 11.4 Å². The second-order valence-corrected chi connectivity index (χ2v) is 2.38. The van der Waals surface area contributed by atoms with Gasteiger partial charge >= 0.3 is 0 Å². The monoisotopic (exact) mass is 165 g/mol. The van der Waals surface area contributed by atoms with E-state index < -0.39 is 0 Å².